The normalized spacial score (nSPS) is 11.7. The molecule has 4 N–H and O–H groups in total. The molecule has 0 radical (unpaired) electrons. The van der Waals surface area contributed by atoms with E-state index in [4.69, 9.17) is 10.9 Å². The summed E-state index contributed by atoms with van der Waals surface area (Å²) >= 11 is 1.34. The number of benzene rings is 2. The number of para-hydroxylation sites is 1. The van der Waals surface area contributed by atoms with E-state index in [-0.39, 0.29) is 29.3 Å². The number of halogens is 1. The van der Waals surface area contributed by atoms with Gasteiger partial charge in [0.15, 0.2) is 17.4 Å². The Hall–Kier alpha value is -3.98. The van der Waals surface area contributed by atoms with Gasteiger partial charge in [-0.05, 0) is 44.0 Å². The monoisotopic (exact) mass is 478 g/mol. The van der Waals surface area contributed by atoms with Crippen LogP contribution in [0.4, 0.5) is 4.39 Å². The second-order valence-electron chi connectivity index (χ2n) is 7.79. The summed E-state index contributed by atoms with van der Waals surface area (Å²) in [6, 6.07) is 15.5. The van der Waals surface area contributed by atoms with Crippen LogP contribution in [0.2, 0.25) is 0 Å². The molecule has 0 amide bonds. The zero-order chi connectivity index (χ0) is 24.4. The lowest BCUT2D eigenvalue weighted by molar-refractivity contribution is 0.318. The highest BCUT2D eigenvalue weighted by Crippen LogP contribution is 2.34. The molecule has 0 aliphatic rings. The molecule has 9 heteroatoms. The zero-order valence-corrected chi connectivity index (χ0v) is 19.4. The number of phenols is 1. The largest absolute Gasteiger partial charge is 0.504 e. The molecule has 2 heterocycles. The van der Waals surface area contributed by atoms with Crippen LogP contribution < -0.4 is 11.3 Å². The van der Waals surface area contributed by atoms with Crippen molar-refractivity contribution in [2.45, 2.75) is 26.8 Å². The molecule has 0 saturated heterocycles. The SMILES string of the molecule is Cc1nc(-c2cccc(F)c2O)n(CCc2ccccc2)c(=O)c1-c1cc(C(N)=NO)c(C)s1. The Balaban J connectivity index is 1.92. The van der Waals surface area contributed by atoms with Crippen LogP contribution in [0, 0.1) is 19.7 Å². The van der Waals surface area contributed by atoms with Gasteiger partial charge < -0.3 is 16.0 Å². The zero-order valence-electron chi connectivity index (χ0n) is 18.6. The quantitative estimate of drug-likeness (QED) is 0.164. The van der Waals surface area contributed by atoms with Gasteiger partial charge in [-0.3, -0.25) is 9.36 Å². The van der Waals surface area contributed by atoms with E-state index in [0.717, 1.165) is 16.5 Å². The van der Waals surface area contributed by atoms with Gasteiger partial charge in [-0.25, -0.2) is 9.37 Å². The van der Waals surface area contributed by atoms with E-state index < -0.39 is 11.6 Å². The Morgan fingerprint density at radius 3 is 2.62 bits per heavy atom. The van der Waals surface area contributed by atoms with Gasteiger partial charge in [-0.2, -0.15) is 0 Å². The highest BCUT2D eigenvalue weighted by atomic mass is 32.1. The fourth-order valence-corrected chi connectivity index (χ4v) is 4.97. The minimum atomic E-state index is -0.791. The number of hydrogen-bond acceptors (Lipinski definition) is 6. The maximum Gasteiger partial charge on any atom is 0.262 e. The first-order chi connectivity index (χ1) is 16.3. The smallest absolute Gasteiger partial charge is 0.262 e. The van der Waals surface area contributed by atoms with Crippen molar-refractivity contribution >= 4 is 17.2 Å². The van der Waals surface area contributed by atoms with Crippen LogP contribution in [-0.4, -0.2) is 25.7 Å². The van der Waals surface area contributed by atoms with Crippen molar-refractivity contribution in [3.05, 3.63) is 92.5 Å². The van der Waals surface area contributed by atoms with Crippen LogP contribution >= 0.6 is 11.3 Å². The number of hydrogen-bond donors (Lipinski definition) is 3. The van der Waals surface area contributed by atoms with Crippen molar-refractivity contribution in [1.82, 2.24) is 9.55 Å². The summed E-state index contributed by atoms with van der Waals surface area (Å²) in [6.45, 7) is 3.78. The number of nitrogens with zero attached hydrogens (tertiary/aromatic N) is 3. The van der Waals surface area contributed by atoms with Gasteiger partial charge in [0.05, 0.1) is 16.8 Å². The first kappa shape index (κ1) is 23.2. The van der Waals surface area contributed by atoms with E-state index in [0.29, 0.717) is 28.1 Å². The number of nitrogens with two attached hydrogens (primary N) is 1. The summed E-state index contributed by atoms with van der Waals surface area (Å²) in [5.41, 5.74) is 7.94. The molecule has 0 unspecified atom stereocenters. The average Bonchev–Trinajstić information content (AvgIpc) is 3.21. The lowest BCUT2D eigenvalue weighted by atomic mass is 10.1. The fourth-order valence-electron chi connectivity index (χ4n) is 3.85. The molecule has 0 bridgehead atoms. The molecule has 0 aliphatic carbocycles. The van der Waals surface area contributed by atoms with E-state index in [2.05, 4.69) is 10.1 Å². The van der Waals surface area contributed by atoms with Crippen LogP contribution in [0.25, 0.3) is 21.8 Å². The Morgan fingerprint density at radius 1 is 1.18 bits per heavy atom. The van der Waals surface area contributed by atoms with Crippen LogP contribution in [0.3, 0.4) is 0 Å². The Bertz CT molecular complexity index is 1440. The number of rotatable bonds is 6. The lowest BCUT2D eigenvalue weighted by Gasteiger charge is -2.16. The van der Waals surface area contributed by atoms with Crippen LogP contribution in [0.15, 0.2) is 64.5 Å². The summed E-state index contributed by atoms with van der Waals surface area (Å²) < 4.78 is 15.6. The maximum atomic E-state index is 14.1. The van der Waals surface area contributed by atoms with Gasteiger partial charge in [-0.1, -0.05) is 41.6 Å². The predicted molar refractivity (Wildman–Crippen MR) is 131 cm³/mol. The van der Waals surface area contributed by atoms with Gasteiger partial charge in [0.2, 0.25) is 0 Å². The first-order valence-electron chi connectivity index (χ1n) is 10.5. The van der Waals surface area contributed by atoms with Crippen LogP contribution in [0.5, 0.6) is 5.75 Å². The highest BCUT2D eigenvalue weighted by molar-refractivity contribution is 7.15. The summed E-state index contributed by atoms with van der Waals surface area (Å²) in [4.78, 5) is 19.8. The molecule has 0 fully saturated rings. The number of aromatic nitrogens is 2. The minimum Gasteiger partial charge on any atom is -0.504 e. The molecule has 2 aromatic carbocycles. The first-order valence-corrected chi connectivity index (χ1v) is 11.3. The van der Waals surface area contributed by atoms with E-state index in [9.17, 15) is 14.3 Å². The molecular weight excluding hydrogens is 455 g/mol. The number of aromatic hydroxyl groups is 1. The van der Waals surface area contributed by atoms with Gasteiger partial charge in [-0.15, -0.1) is 11.3 Å². The summed E-state index contributed by atoms with van der Waals surface area (Å²) in [5, 5.41) is 22.5. The van der Waals surface area contributed by atoms with Crippen molar-refractivity contribution < 1.29 is 14.7 Å². The van der Waals surface area contributed by atoms with Gasteiger partial charge in [0.1, 0.15) is 5.82 Å². The average molecular weight is 479 g/mol. The topological polar surface area (TPSA) is 114 Å². The summed E-state index contributed by atoms with van der Waals surface area (Å²) in [5.74, 6) is -1.21. The van der Waals surface area contributed by atoms with E-state index >= 15 is 0 Å². The van der Waals surface area contributed by atoms with Crippen molar-refractivity contribution in [2.24, 2.45) is 10.9 Å². The van der Waals surface area contributed by atoms with Crippen molar-refractivity contribution in [3.8, 4) is 27.6 Å². The fraction of sp³-hybridized carbons (Fsp3) is 0.160. The highest BCUT2D eigenvalue weighted by Gasteiger charge is 2.22. The Kier molecular flexibility index (Phi) is 6.47. The van der Waals surface area contributed by atoms with E-state index in [1.807, 2.05) is 37.3 Å². The molecule has 34 heavy (non-hydrogen) atoms. The van der Waals surface area contributed by atoms with E-state index in [1.54, 1.807) is 13.0 Å². The standard InChI is InChI=1S/C25H23FN4O3S/c1-14-21(20-13-18(15(2)34-20)23(27)29-33)25(32)30(12-11-16-7-4-3-5-8-16)24(28-14)17-9-6-10-19(26)22(17)31/h3-10,13,31,33H,11-12H2,1-2H3,(H2,27,29). The minimum absolute atomic E-state index is 0.0451. The number of amidine groups is 1. The van der Waals surface area contributed by atoms with Crippen LogP contribution in [0.1, 0.15) is 21.7 Å². The second-order valence-corrected chi connectivity index (χ2v) is 9.05. The molecule has 0 saturated carbocycles. The van der Waals surface area contributed by atoms with Crippen molar-refractivity contribution in [1.29, 1.82) is 0 Å². The maximum absolute atomic E-state index is 14.1. The summed E-state index contributed by atoms with van der Waals surface area (Å²) in [6.07, 6.45) is 0.535. The number of thiophene rings is 1. The Labute approximate surface area is 199 Å². The Morgan fingerprint density at radius 2 is 1.91 bits per heavy atom. The van der Waals surface area contributed by atoms with Gasteiger partial charge in [0.25, 0.3) is 5.56 Å². The molecule has 2 aromatic heterocycles. The molecule has 7 nitrogen and oxygen atoms in total. The van der Waals surface area contributed by atoms with Crippen LogP contribution in [-0.2, 0) is 13.0 Å². The van der Waals surface area contributed by atoms with E-state index in [1.165, 1.54) is 28.0 Å². The lowest BCUT2D eigenvalue weighted by Crippen LogP contribution is -2.27. The second kappa shape index (κ2) is 9.48. The molecule has 4 aromatic rings. The van der Waals surface area contributed by atoms with Crippen molar-refractivity contribution in [3.63, 3.8) is 0 Å². The molecule has 4 rings (SSSR count). The molecular formula is C25H23FN4O3S. The summed E-state index contributed by atoms with van der Waals surface area (Å²) in [7, 11) is 0. The third-order valence-corrected chi connectivity index (χ3v) is 6.66. The van der Waals surface area contributed by atoms with Gasteiger partial charge in [0, 0.05) is 21.9 Å². The molecule has 174 valence electrons. The molecule has 0 atom stereocenters. The number of oxime groups is 1. The molecule has 0 spiro atoms. The number of phenolic OH excluding ortho intramolecular Hbond substituents is 1. The van der Waals surface area contributed by atoms with Gasteiger partial charge >= 0.3 is 0 Å². The van der Waals surface area contributed by atoms with Crippen molar-refractivity contribution in [2.75, 3.05) is 0 Å². The third-order valence-electron chi connectivity index (χ3n) is 5.59. The molecule has 0 aliphatic heterocycles. The predicted octanol–water partition coefficient (Wildman–Crippen LogP) is 4.44. The number of aryl methyl sites for hydroxylation is 3. The third kappa shape index (κ3) is 4.29.